The van der Waals surface area contributed by atoms with E-state index < -0.39 is 17.7 Å². The number of ether oxygens (including phenoxy) is 3. The first-order chi connectivity index (χ1) is 17.8. The van der Waals surface area contributed by atoms with Crippen LogP contribution in [0.15, 0.2) is 66.2 Å². The van der Waals surface area contributed by atoms with E-state index in [1.54, 1.807) is 12.1 Å². The van der Waals surface area contributed by atoms with Crippen LogP contribution < -0.4 is 14.2 Å². The number of carbonyl (C=O) groups excluding carboxylic acids is 2. The van der Waals surface area contributed by atoms with Gasteiger partial charge in [0.1, 0.15) is 5.76 Å². The number of amides is 1. The Hall–Kier alpha value is -4.26. The largest absolute Gasteiger partial charge is 0.507 e. The Bertz CT molecular complexity index is 1340. The molecule has 1 heterocycles. The van der Waals surface area contributed by atoms with Crippen LogP contribution in [0.4, 0.5) is 0 Å². The summed E-state index contributed by atoms with van der Waals surface area (Å²) in [6.45, 7) is 4.04. The van der Waals surface area contributed by atoms with Crippen LogP contribution in [0.1, 0.15) is 33.9 Å². The molecule has 0 radical (unpaired) electrons. The molecule has 1 atom stereocenters. The van der Waals surface area contributed by atoms with E-state index >= 15 is 0 Å². The SMILES string of the molecule is COc1cc(C2C(=C(O)c3cc(C)ccc3C)C(=O)C(=O)N2CCc2ccccc2)cc(OC)c1OC. The van der Waals surface area contributed by atoms with Gasteiger partial charge in [0.25, 0.3) is 11.7 Å². The number of carbonyl (C=O) groups is 2. The lowest BCUT2D eigenvalue weighted by atomic mass is 9.92. The molecule has 1 saturated heterocycles. The first-order valence-corrected chi connectivity index (χ1v) is 12.0. The zero-order chi connectivity index (χ0) is 26.7. The zero-order valence-corrected chi connectivity index (χ0v) is 21.7. The van der Waals surface area contributed by atoms with Crippen LogP contribution in [0.25, 0.3) is 5.76 Å². The maximum absolute atomic E-state index is 13.5. The van der Waals surface area contributed by atoms with Gasteiger partial charge in [-0.15, -0.1) is 0 Å². The van der Waals surface area contributed by atoms with Gasteiger partial charge in [-0.25, -0.2) is 0 Å². The first kappa shape index (κ1) is 25.8. The Morgan fingerprint density at radius 3 is 2.14 bits per heavy atom. The van der Waals surface area contributed by atoms with Crippen LogP contribution in [0.3, 0.4) is 0 Å². The first-order valence-electron chi connectivity index (χ1n) is 12.0. The smallest absolute Gasteiger partial charge is 0.295 e. The maximum Gasteiger partial charge on any atom is 0.295 e. The van der Waals surface area contributed by atoms with Crippen molar-refractivity contribution in [2.24, 2.45) is 0 Å². The van der Waals surface area contributed by atoms with Crippen molar-refractivity contribution in [1.29, 1.82) is 0 Å². The van der Waals surface area contributed by atoms with Gasteiger partial charge >= 0.3 is 0 Å². The lowest BCUT2D eigenvalue weighted by Crippen LogP contribution is -2.31. The maximum atomic E-state index is 13.5. The number of hydrogen-bond donors (Lipinski definition) is 1. The van der Waals surface area contributed by atoms with Crippen LogP contribution in [0, 0.1) is 13.8 Å². The molecule has 1 aliphatic heterocycles. The molecule has 7 heteroatoms. The number of aliphatic hydroxyl groups excluding tert-OH is 1. The van der Waals surface area contributed by atoms with Gasteiger partial charge in [0.05, 0.1) is 32.9 Å². The van der Waals surface area contributed by atoms with Crippen molar-refractivity contribution in [1.82, 2.24) is 4.90 Å². The third kappa shape index (κ3) is 4.89. The van der Waals surface area contributed by atoms with Crippen molar-refractivity contribution in [3.63, 3.8) is 0 Å². The molecule has 1 fully saturated rings. The molecule has 1 N–H and O–H groups in total. The second-order valence-corrected chi connectivity index (χ2v) is 9.01. The highest BCUT2D eigenvalue weighted by Gasteiger charge is 2.46. The summed E-state index contributed by atoms with van der Waals surface area (Å²) in [6.07, 6.45) is 0.540. The van der Waals surface area contributed by atoms with Crippen molar-refractivity contribution in [2.45, 2.75) is 26.3 Å². The fraction of sp³-hybridized carbons (Fsp3) is 0.267. The van der Waals surface area contributed by atoms with Gasteiger partial charge in [-0.05, 0) is 55.2 Å². The summed E-state index contributed by atoms with van der Waals surface area (Å²) in [5.41, 5.74) is 3.85. The van der Waals surface area contributed by atoms with Crippen LogP contribution >= 0.6 is 0 Å². The molecule has 1 unspecified atom stereocenters. The molecular weight excluding hydrogens is 470 g/mol. The third-order valence-electron chi connectivity index (χ3n) is 6.68. The van der Waals surface area contributed by atoms with E-state index in [1.165, 1.54) is 26.2 Å². The van der Waals surface area contributed by atoms with Gasteiger partial charge in [-0.1, -0.05) is 48.0 Å². The Labute approximate surface area is 216 Å². The van der Waals surface area contributed by atoms with Crippen molar-refractivity contribution < 1.29 is 28.9 Å². The molecular formula is C30H31NO6. The predicted molar refractivity (Wildman–Crippen MR) is 141 cm³/mol. The summed E-state index contributed by atoms with van der Waals surface area (Å²) >= 11 is 0. The topological polar surface area (TPSA) is 85.3 Å². The monoisotopic (exact) mass is 501 g/mol. The summed E-state index contributed by atoms with van der Waals surface area (Å²) < 4.78 is 16.5. The lowest BCUT2D eigenvalue weighted by Gasteiger charge is -2.27. The molecule has 1 amide bonds. The minimum atomic E-state index is -0.850. The molecule has 0 bridgehead atoms. The fourth-order valence-corrected chi connectivity index (χ4v) is 4.75. The normalized spacial score (nSPS) is 16.7. The van der Waals surface area contributed by atoms with E-state index in [9.17, 15) is 14.7 Å². The number of nitrogens with zero attached hydrogens (tertiary/aromatic N) is 1. The third-order valence-corrected chi connectivity index (χ3v) is 6.68. The molecule has 0 saturated carbocycles. The van der Waals surface area contributed by atoms with Gasteiger partial charge in [0.15, 0.2) is 11.5 Å². The number of aliphatic hydroxyl groups is 1. The number of likely N-dealkylation sites (tertiary alicyclic amines) is 1. The van der Waals surface area contributed by atoms with Gasteiger partial charge in [0.2, 0.25) is 5.75 Å². The number of Topliss-reactive ketones (excluding diaryl/α,β-unsaturated/α-hetero) is 1. The highest BCUT2D eigenvalue weighted by atomic mass is 16.5. The fourth-order valence-electron chi connectivity index (χ4n) is 4.75. The summed E-state index contributed by atoms with van der Waals surface area (Å²) in [7, 11) is 4.51. The molecule has 4 rings (SSSR count). The number of benzene rings is 3. The van der Waals surface area contributed by atoms with E-state index in [-0.39, 0.29) is 17.9 Å². The minimum Gasteiger partial charge on any atom is -0.507 e. The van der Waals surface area contributed by atoms with E-state index in [4.69, 9.17) is 14.2 Å². The Morgan fingerprint density at radius 1 is 0.892 bits per heavy atom. The highest BCUT2D eigenvalue weighted by molar-refractivity contribution is 6.46. The van der Waals surface area contributed by atoms with Crippen molar-refractivity contribution in [3.05, 3.63) is 94.1 Å². The molecule has 3 aromatic carbocycles. The van der Waals surface area contributed by atoms with Crippen LogP contribution in [0.2, 0.25) is 0 Å². The average Bonchev–Trinajstić information content (AvgIpc) is 3.17. The second kappa shape index (κ2) is 10.8. The van der Waals surface area contributed by atoms with Crippen molar-refractivity contribution in [2.75, 3.05) is 27.9 Å². The summed E-state index contributed by atoms with van der Waals surface area (Å²) in [6, 6.07) is 17.9. The van der Waals surface area contributed by atoms with Gasteiger partial charge in [-0.2, -0.15) is 0 Å². The van der Waals surface area contributed by atoms with Crippen LogP contribution in [-0.2, 0) is 16.0 Å². The van der Waals surface area contributed by atoms with Gasteiger partial charge in [0, 0.05) is 12.1 Å². The molecule has 0 spiro atoms. The van der Waals surface area contributed by atoms with E-state index in [0.717, 1.165) is 16.7 Å². The van der Waals surface area contributed by atoms with E-state index in [2.05, 4.69) is 0 Å². The molecule has 37 heavy (non-hydrogen) atoms. The highest BCUT2D eigenvalue weighted by Crippen LogP contribution is 2.46. The Balaban J connectivity index is 1.91. The average molecular weight is 502 g/mol. The molecule has 192 valence electrons. The van der Waals surface area contributed by atoms with Crippen molar-refractivity contribution in [3.8, 4) is 17.2 Å². The van der Waals surface area contributed by atoms with Crippen LogP contribution in [-0.4, -0.2) is 49.6 Å². The Morgan fingerprint density at radius 2 is 1.54 bits per heavy atom. The second-order valence-electron chi connectivity index (χ2n) is 9.01. The van der Waals surface area contributed by atoms with Gasteiger partial charge in [-0.3, -0.25) is 9.59 Å². The summed E-state index contributed by atoms with van der Waals surface area (Å²) in [5.74, 6) is -0.439. The molecule has 1 aliphatic rings. The van der Waals surface area contributed by atoms with E-state index in [1.807, 2.05) is 62.4 Å². The number of rotatable bonds is 8. The quantitative estimate of drug-likeness (QED) is 0.266. The summed E-state index contributed by atoms with van der Waals surface area (Å²) in [5, 5.41) is 11.5. The minimum absolute atomic E-state index is 0.0287. The number of methoxy groups -OCH3 is 3. The Kier molecular flexibility index (Phi) is 7.53. The lowest BCUT2D eigenvalue weighted by molar-refractivity contribution is -0.139. The van der Waals surface area contributed by atoms with Crippen molar-refractivity contribution >= 4 is 17.4 Å². The number of ketones is 1. The zero-order valence-electron chi connectivity index (χ0n) is 21.7. The molecule has 3 aromatic rings. The standard InChI is InChI=1S/C30H31NO6/c1-18-11-12-19(2)22(15-18)27(32)25-26(21-16-23(35-3)29(37-5)24(17-21)36-4)31(30(34)28(25)33)14-13-20-9-7-6-8-10-20/h6-12,15-17,26,32H,13-14H2,1-5H3. The van der Waals surface area contributed by atoms with Gasteiger partial charge < -0.3 is 24.2 Å². The van der Waals surface area contributed by atoms with E-state index in [0.29, 0.717) is 34.8 Å². The van der Waals surface area contributed by atoms with Crippen LogP contribution in [0.5, 0.6) is 17.2 Å². The molecule has 0 aromatic heterocycles. The molecule has 7 nitrogen and oxygen atoms in total. The number of aryl methyl sites for hydroxylation is 2. The predicted octanol–water partition coefficient (Wildman–Crippen LogP) is 4.99. The summed E-state index contributed by atoms with van der Waals surface area (Å²) in [4.78, 5) is 28.3. The molecule has 0 aliphatic carbocycles. The number of hydrogen-bond acceptors (Lipinski definition) is 6.